The number of piperidine rings is 1. The van der Waals surface area contributed by atoms with Crippen molar-refractivity contribution in [3.63, 3.8) is 0 Å². The van der Waals surface area contributed by atoms with Crippen molar-refractivity contribution in [3.8, 4) is 0 Å². The molecule has 0 bridgehead atoms. The summed E-state index contributed by atoms with van der Waals surface area (Å²) in [4.78, 5) is 19.8. The van der Waals surface area contributed by atoms with Crippen LogP contribution in [0.4, 0.5) is 5.13 Å². The highest BCUT2D eigenvalue weighted by molar-refractivity contribution is 7.13. The van der Waals surface area contributed by atoms with Crippen LogP contribution in [-0.2, 0) is 11.3 Å². The number of nitrogens with zero attached hydrogens (tertiary/aromatic N) is 2. The average Bonchev–Trinajstić information content (AvgIpc) is 3.33. The topological polar surface area (TPSA) is 69.3 Å². The maximum atomic E-state index is 12.8. The van der Waals surface area contributed by atoms with Crippen LogP contribution in [0.25, 0.3) is 0 Å². The Balaban J connectivity index is 1.37. The SMILES string of the molecule is O=C(Nc1nc(CN2CCCCC2)cs1)C1CNNC1c1ccccc1. The highest BCUT2D eigenvalue weighted by Gasteiger charge is 2.34. The summed E-state index contributed by atoms with van der Waals surface area (Å²) in [7, 11) is 0. The van der Waals surface area contributed by atoms with Crippen LogP contribution in [0.2, 0.25) is 0 Å². The third-order valence-electron chi connectivity index (χ3n) is 5.09. The Morgan fingerprint density at radius 3 is 2.85 bits per heavy atom. The minimum Gasteiger partial charge on any atom is -0.302 e. The van der Waals surface area contributed by atoms with Gasteiger partial charge < -0.3 is 5.32 Å². The van der Waals surface area contributed by atoms with E-state index in [4.69, 9.17) is 0 Å². The Bertz CT molecular complexity index is 729. The van der Waals surface area contributed by atoms with Crippen LogP contribution in [-0.4, -0.2) is 35.4 Å². The number of hydrogen-bond acceptors (Lipinski definition) is 6. The number of hydrogen-bond donors (Lipinski definition) is 3. The molecule has 1 aromatic carbocycles. The molecular formula is C19H25N5OS. The van der Waals surface area contributed by atoms with Crippen LogP contribution < -0.4 is 16.2 Å². The molecule has 2 aliphatic rings. The van der Waals surface area contributed by atoms with Gasteiger partial charge in [0.1, 0.15) is 0 Å². The van der Waals surface area contributed by atoms with E-state index in [1.807, 2.05) is 30.3 Å². The highest BCUT2D eigenvalue weighted by atomic mass is 32.1. The molecule has 2 saturated heterocycles. The minimum absolute atomic E-state index is 0.00947. The lowest BCUT2D eigenvalue weighted by Crippen LogP contribution is -2.30. The third kappa shape index (κ3) is 4.12. The molecule has 1 amide bonds. The van der Waals surface area contributed by atoms with Gasteiger partial charge in [0.15, 0.2) is 5.13 Å². The lowest BCUT2D eigenvalue weighted by Gasteiger charge is -2.25. The third-order valence-corrected chi connectivity index (χ3v) is 5.90. The van der Waals surface area contributed by atoms with Gasteiger partial charge in [-0.05, 0) is 31.5 Å². The van der Waals surface area contributed by atoms with Gasteiger partial charge in [0.2, 0.25) is 5.91 Å². The van der Waals surface area contributed by atoms with Gasteiger partial charge in [0.25, 0.3) is 0 Å². The molecule has 7 heteroatoms. The molecule has 0 saturated carbocycles. The number of likely N-dealkylation sites (tertiary alicyclic amines) is 1. The van der Waals surface area contributed by atoms with Gasteiger partial charge in [-0.15, -0.1) is 11.3 Å². The van der Waals surface area contributed by atoms with E-state index < -0.39 is 0 Å². The Morgan fingerprint density at radius 1 is 1.23 bits per heavy atom. The molecule has 0 radical (unpaired) electrons. The van der Waals surface area contributed by atoms with E-state index in [0.717, 1.165) is 30.9 Å². The molecule has 0 spiro atoms. The van der Waals surface area contributed by atoms with Crippen LogP contribution in [0, 0.1) is 5.92 Å². The van der Waals surface area contributed by atoms with Crippen molar-refractivity contribution in [3.05, 3.63) is 47.0 Å². The smallest absolute Gasteiger partial charge is 0.232 e. The number of nitrogens with one attached hydrogen (secondary N) is 3. The molecular weight excluding hydrogens is 346 g/mol. The fraction of sp³-hybridized carbons (Fsp3) is 0.474. The lowest BCUT2D eigenvalue weighted by molar-refractivity contribution is -0.119. The Labute approximate surface area is 158 Å². The Morgan fingerprint density at radius 2 is 2.04 bits per heavy atom. The summed E-state index contributed by atoms with van der Waals surface area (Å²) in [5, 5.41) is 5.77. The first-order chi connectivity index (χ1) is 12.8. The van der Waals surface area contributed by atoms with Gasteiger partial charge in [-0.2, -0.15) is 0 Å². The zero-order valence-corrected chi connectivity index (χ0v) is 15.6. The second-order valence-corrected chi connectivity index (χ2v) is 7.85. The van der Waals surface area contributed by atoms with Crippen molar-refractivity contribution < 1.29 is 4.79 Å². The number of amides is 1. The van der Waals surface area contributed by atoms with E-state index in [2.05, 4.69) is 31.4 Å². The van der Waals surface area contributed by atoms with E-state index in [1.54, 1.807) is 0 Å². The molecule has 2 aromatic rings. The molecule has 2 unspecified atom stereocenters. The number of hydrazine groups is 1. The summed E-state index contributed by atoms with van der Waals surface area (Å²) in [5.74, 6) is -0.151. The molecule has 3 N–H and O–H groups in total. The average molecular weight is 372 g/mol. The first-order valence-electron chi connectivity index (χ1n) is 9.30. The largest absolute Gasteiger partial charge is 0.302 e. The number of anilines is 1. The van der Waals surface area contributed by atoms with Gasteiger partial charge in [-0.1, -0.05) is 36.8 Å². The van der Waals surface area contributed by atoms with Crippen LogP contribution >= 0.6 is 11.3 Å². The van der Waals surface area contributed by atoms with Gasteiger partial charge in [-0.3, -0.25) is 15.1 Å². The van der Waals surface area contributed by atoms with Crippen molar-refractivity contribution in [2.45, 2.75) is 31.8 Å². The number of thiazole rings is 1. The van der Waals surface area contributed by atoms with Crippen molar-refractivity contribution in [2.75, 3.05) is 25.0 Å². The highest BCUT2D eigenvalue weighted by Crippen LogP contribution is 2.27. The van der Waals surface area contributed by atoms with E-state index >= 15 is 0 Å². The number of carbonyl (C=O) groups is 1. The zero-order chi connectivity index (χ0) is 17.8. The van der Waals surface area contributed by atoms with E-state index in [0.29, 0.717) is 11.7 Å². The molecule has 3 heterocycles. The quantitative estimate of drug-likeness (QED) is 0.754. The van der Waals surface area contributed by atoms with Crippen molar-refractivity contribution in [2.24, 2.45) is 5.92 Å². The molecule has 2 fully saturated rings. The summed E-state index contributed by atoms with van der Waals surface area (Å²) in [6.45, 7) is 3.79. The predicted octanol–water partition coefficient (Wildman–Crippen LogP) is 2.53. The van der Waals surface area contributed by atoms with Crippen molar-refractivity contribution in [1.82, 2.24) is 20.7 Å². The lowest BCUT2D eigenvalue weighted by atomic mass is 9.94. The molecule has 2 atom stereocenters. The summed E-state index contributed by atoms with van der Waals surface area (Å²) in [6, 6.07) is 10.1. The minimum atomic E-state index is -0.160. The molecule has 1 aromatic heterocycles. The van der Waals surface area contributed by atoms with Gasteiger partial charge in [-0.25, -0.2) is 10.4 Å². The molecule has 4 rings (SSSR count). The van der Waals surface area contributed by atoms with E-state index in [9.17, 15) is 4.79 Å². The first-order valence-corrected chi connectivity index (χ1v) is 10.2. The van der Waals surface area contributed by atoms with E-state index in [1.165, 1.54) is 30.6 Å². The molecule has 26 heavy (non-hydrogen) atoms. The Kier molecular flexibility index (Phi) is 5.59. The summed E-state index contributed by atoms with van der Waals surface area (Å²) in [6.07, 6.45) is 3.88. The Hall–Kier alpha value is -1.80. The monoisotopic (exact) mass is 371 g/mol. The molecule has 0 aliphatic carbocycles. The predicted molar refractivity (Wildman–Crippen MR) is 104 cm³/mol. The van der Waals surface area contributed by atoms with Gasteiger partial charge in [0.05, 0.1) is 17.7 Å². The molecule has 2 aliphatic heterocycles. The van der Waals surface area contributed by atoms with Crippen LogP contribution in [0.15, 0.2) is 35.7 Å². The first kappa shape index (κ1) is 17.6. The van der Waals surface area contributed by atoms with Crippen LogP contribution in [0.3, 0.4) is 0 Å². The van der Waals surface area contributed by atoms with Gasteiger partial charge in [0, 0.05) is 18.5 Å². The fourth-order valence-corrected chi connectivity index (χ4v) is 4.40. The van der Waals surface area contributed by atoms with E-state index in [-0.39, 0.29) is 17.9 Å². The normalized spacial score (nSPS) is 23.8. The fourth-order valence-electron chi connectivity index (χ4n) is 3.70. The summed E-state index contributed by atoms with van der Waals surface area (Å²) < 4.78 is 0. The molecule has 138 valence electrons. The number of rotatable bonds is 5. The maximum absolute atomic E-state index is 12.8. The number of benzene rings is 1. The number of carbonyl (C=O) groups excluding carboxylic acids is 1. The van der Waals surface area contributed by atoms with Crippen LogP contribution in [0.1, 0.15) is 36.6 Å². The molecule has 6 nitrogen and oxygen atoms in total. The van der Waals surface area contributed by atoms with Crippen LogP contribution in [0.5, 0.6) is 0 Å². The van der Waals surface area contributed by atoms with Gasteiger partial charge >= 0.3 is 0 Å². The second-order valence-electron chi connectivity index (χ2n) is 6.99. The second kappa shape index (κ2) is 8.26. The number of aromatic nitrogens is 1. The maximum Gasteiger partial charge on any atom is 0.232 e. The summed E-state index contributed by atoms with van der Waals surface area (Å²) in [5.41, 5.74) is 8.49. The standard InChI is InChI=1S/C19H25N5OS/c25-18(16-11-20-23-17(16)14-7-3-1-4-8-14)22-19-21-15(13-26-19)12-24-9-5-2-6-10-24/h1,3-4,7-8,13,16-17,20,23H,2,5-6,9-12H2,(H,21,22,25). The summed E-state index contributed by atoms with van der Waals surface area (Å²) >= 11 is 1.51. The van der Waals surface area contributed by atoms with Crippen molar-refractivity contribution in [1.29, 1.82) is 0 Å². The zero-order valence-electron chi connectivity index (χ0n) is 14.8. The van der Waals surface area contributed by atoms with Crippen molar-refractivity contribution >= 4 is 22.4 Å².